The standard InChI is InChI=1S/C26H23F4N3O2/c27-22-9-4-18(16-31-22)21-3-1-2-17-10-11-25(35-23(17)21)12-14-33(15-13-25)24(34)32-20-7-5-19(6-8-20)26(28,29)30/h1-9,16H,10-15H2,(H,32,34). The zero-order valence-electron chi connectivity index (χ0n) is 18.7. The van der Waals surface area contributed by atoms with Gasteiger partial charge >= 0.3 is 12.2 Å². The van der Waals surface area contributed by atoms with Crippen molar-refractivity contribution >= 4 is 11.7 Å². The molecular weight excluding hydrogens is 462 g/mol. The van der Waals surface area contributed by atoms with Crippen molar-refractivity contribution < 1.29 is 27.1 Å². The summed E-state index contributed by atoms with van der Waals surface area (Å²) in [6, 6.07) is 12.9. The normalized spacial score (nSPS) is 17.0. The van der Waals surface area contributed by atoms with Gasteiger partial charge in [0, 0.05) is 48.9 Å². The Bertz CT molecular complexity index is 1220. The minimum atomic E-state index is -4.42. The van der Waals surface area contributed by atoms with Crippen LogP contribution in [0.3, 0.4) is 0 Å². The lowest BCUT2D eigenvalue weighted by molar-refractivity contribution is -0.137. The lowest BCUT2D eigenvalue weighted by Gasteiger charge is -2.45. The molecule has 0 unspecified atom stereocenters. The van der Waals surface area contributed by atoms with Crippen molar-refractivity contribution in [3.63, 3.8) is 0 Å². The molecule has 3 heterocycles. The second-order valence-corrected chi connectivity index (χ2v) is 8.94. The summed E-state index contributed by atoms with van der Waals surface area (Å²) in [5.41, 5.74) is 1.84. The van der Waals surface area contributed by atoms with Crippen LogP contribution in [-0.4, -0.2) is 34.6 Å². The van der Waals surface area contributed by atoms with E-state index in [9.17, 15) is 22.4 Å². The zero-order valence-corrected chi connectivity index (χ0v) is 18.7. The maximum absolute atomic E-state index is 13.3. The molecule has 1 fully saturated rings. The number of hydrogen-bond donors (Lipinski definition) is 1. The van der Waals surface area contributed by atoms with E-state index in [-0.39, 0.29) is 6.03 Å². The molecule has 182 valence electrons. The third kappa shape index (κ3) is 4.80. The molecule has 1 N–H and O–H groups in total. The van der Waals surface area contributed by atoms with Crippen LogP contribution in [0, 0.1) is 5.95 Å². The Morgan fingerprint density at radius 2 is 1.74 bits per heavy atom. The molecule has 1 aromatic heterocycles. The summed E-state index contributed by atoms with van der Waals surface area (Å²) in [4.78, 5) is 18.1. The van der Waals surface area contributed by atoms with E-state index in [2.05, 4.69) is 10.3 Å². The Hall–Kier alpha value is -3.62. The van der Waals surface area contributed by atoms with Crippen molar-refractivity contribution in [2.24, 2.45) is 0 Å². The monoisotopic (exact) mass is 485 g/mol. The first-order valence-corrected chi connectivity index (χ1v) is 11.4. The molecule has 2 aliphatic rings. The number of carbonyl (C=O) groups is 1. The summed E-state index contributed by atoms with van der Waals surface area (Å²) in [7, 11) is 0. The topological polar surface area (TPSA) is 54.5 Å². The smallest absolute Gasteiger partial charge is 0.416 e. The van der Waals surface area contributed by atoms with E-state index in [4.69, 9.17) is 4.74 Å². The molecule has 5 nitrogen and oxygen atoms in total. The third-order valence-electron chi connectivity index (χ3n) is 6.73. The number of benzene rings is 2. The highest BCUT2D eigenvalue weighted by Crippen LogP contribution is 2.44. The predicted molar refractivity (Wildman–Crippen MR) is 123 cm³/mol. The molecule has 0 aliphatic carbocycles. The van der Waals surface area contributed by atoms with Crippen LogP contribution in [-0.2, 0) is 12.6 Å². The maximum atomic E-state index is 13.3. The van der Waals surface area contributed by atoms with E-state index in [0.717, 1.165) is 47.4 Å². The highest BCUT2D eigenvalue weighted by Gasteiger charge is 2.41. The first-order valence-electron chi connectivity index (χ1n) is 11.4. The summed E-state index contributed by atoms with van der Waals surface area (Å²) < 4.78 is 58.1. The molecule has 3 aromatic rings. The van der Waals surface area contributed by atoms with Crippen LogP contribution in [0.2, 0.25) is 0 Å². The molecular formula is C26H23F4N3O2. The van der Waals surface area contributed by atoms with E-state index in [0.29, 0.717) is 31.6 Å². The van der Waals surface area contributed by atoms with Crippen LogP contribution in [0.5, 0.6) is 5.75 Å². The second-order valence-electron chi connectivity index (χ2n) is 8.94. The van der Waals surface area contributed by atoms with Crippen LogP contribution >= 0.6 is 0 Å². The Morgan fingerprint density at radius 1 is 1.00 bits per heavy atom. The molecule has 2 aliphatic heterocycles. The van der Waals surface area contributed by atoms with Crippen molar-refractivity contribution in [3.05, 3.63) is 77.9 Å². The number of anilines is 1. The average Bonchev–Trinajstić information content (AvgIpc) is 2.84. The van der Waals surface area contributed by atoms with Crippen LogP contribution in [0.1, 0.15) is 30.4 Å². The van der Waals surface area contributed by atoms with Gasteiger partial charge in [-0.05, 0) is 54.8 Å². The number of para-hydroxylation sites is 1. The van der Waals surface area contributed by atoms with Gasteiger partial charge in [-0.2, -0.15) is 17.6 Å². The lowest BCUT2D eigenvalue weighted by atomic mass is 9.82. The van der Waals surface area contributed by atoms with Crippen molar-refractivity contribution in [3.8, 4) is 16.9 Å². The van der Waals surface area contributed by atoms with Crippen molar-refractivity contribution in [2.45, 2.75) is 37.5 Å². The molecule has 0 radical (unpaired) electrons. The Labute approximate surface area is 199 Å². The third-order valence-corrected chi connectivity index (χ3v) is 6.73. The van der Waals surface area contributed by atoms with Gasteiger partial charge in [0.2, 0.25) is 5.95 Å². The number of carbonyl (C=O) groups excluding carboxylic acids is 1. The summed E-state index contributed by atoms with van der Waals surface area (Å²) in [5, 5.41) is 2.67. The summed E-state index contributed by atoms with van der Waals surface area (Å²) in [5.74, 6) is 0.229. The van der Waals surface area contributed by atoms with Crippen molar-refractivity contribution in [1.29, 1.82) is 0 Å². The number of rotatable bonds is 2. The molecule has 1 spiro atoms. The number of ether oxygens (including phenoxy) is 1. The molecule has 2 aromatic carbocycles. The molecule has 9 heteroatoms. The fourth-order valence-electron chi connectivity index (χ4n) is 4.71. The number of fused-ring (bicyclic) bond motifs is 1. The number of likely N-dealkylation sites (tertiary alicyclic amines) is 1. The minimum absolute atomic E-state index is 0.309. The number of pyridine rings is 1. The number of alkyl halides is 3. The van der Waals surface area contributed by atoms with Crippen molar-refractivity contribution in [1.82, 2.24) is 9.88 Å². The number of piperidine rings is 1. The van der Waals surface area contributed by atoms with Gasteiger partial charge in [-0.25, -0.2) is 9.78 Å². The van der Waals surface area contributed by atoms with Gasteiger partial charge in [0.05, 0.1) is 5.56 Å². The minimum Gasteiger partial charge on any atom is -0.486 e. The summed E-state index contributed by atoms with van der Waals surface area (Å²) in [6.07, 6.45) is -0.0278. The zero-order chi connectivity index (χ0) is 24.6. The van der Waals surface area contributed by atoms with Gasteiger partial charge in [0.1, 0.15) is 11.4 Å². The molecule has 5 rings (SSSR count). The van der Waals surface area contributed by atoms with Crippen molar-refractivity contribution in [2.75, 3.05) is 18.4 Å². The van der Waals surface area contributed by atoms with E-state index in [1.54, 1.807) is 11.0 Å². The average molecular weight is 485 g/mol. The van der Waals surface area contributed by atoms with E-state index >= 15 is 0 Å². The number of urea groups is 1. The Morgan fingerprint density at radius 3 is 2.40 bits per heavy atom. The van der Waals surface area contributed by atoms with Crippen LogP contribution < -0.4 is 10.1 Å². The van der Waals surface area contributed by atoms with Gasteiger partial charge in [-0.1, -0.05) is 18.2 Å². The van der Waals surface area contributed by atoms with Crippen LogP contribution in [0.25, 0.3) is 11.1 Å². The Kier molecular flexibility index (Phi) is 5.86. The molecule has 0 atom stereocenters. The highest BCUT2D eigenvalue weighted by molar-refractivity contribution is 5.89. The van der Waals surface area contributed by atoms with Gasteiger partial charge < -0.3 is 15.0 Å². The molecule has 2 amide bonds. The van der Waals surface area contributed by atoms with E-state index in [1.165, 1.54) is 24.4 Å². The van der Waals surface area contributed by atoms with Gasteiger partial charge in [0.15, 0.2) is 0 Å². The van der Waals surface area contributed by atoms with E-state index < -0.39 is 23.3 Å². The molecule has 0 saturated carbocycles. The number of hydrogen-bond acceptors (Lipinski definition) is 3. The van der Waals surface area contributed by atoms with Gasteiger partial charge in [-0.3, -0.25) is 0 Å². The van der Waals surface area contributed by atoms with Crippen LogP contribution in [0.4, 0.5) is 28.0 Å². The fourth-order valence-corrected chi connectivity index (χ4v) is 4.71. The fraction of sp³-hybridized carbons (Fsp3) is 0.308. The van der Waals surface area contributed by atoms with Gasteiger partial charge in [-0.15, -0.1) is 0 Å². The maximum Gasteiger partial charge on any atom is 0.416 e. The molecule has 0 bridgehead atoms. The van der Waals surface area contributed by atoms with Gasteiger partial charge in [0.25, 0.3) is 0 Å². The molecule has 35 heavy (non-hydrogen) atoms. The Balaban J connectivity index is 1.25. The largest absolute Gasteiger partial charge is 0.486 e. The quantitative estimate of drug-likeness (QED) is 0.343. The number of halogens is 4. The van der Waals surface area contributed by atoms with E-state index in [1.807, 2.05) is 18.2 Å². The predicted octanol–water partition coefficient (Wildman–Crippen LogP) is 6.30. The molecule has 1 saturated heterocycles. The number of nitrogens with zero attached hydrogens (tertiary/aromatic N) is 2. The summed E-state index contributed by atoms with van der Waals surface area (Å²) >= 11 is 0. The second kappa shape index (κ2) is 8.87. The first-order chi connectivity index (χ1) is 16.7. The number of amides is 2. The summed E-state index contributed by atoms with van der Waals surface area (Å²) in [6.45, 7) is 0.921. The lowest BCUT2D eigenvalue weighted by Crippen LogP contribution is -2.52. The number of nitrogens with one attached hydrogen (secondary N) is 1. The number of aryl methyl sites for hydroxylation is 1. The van der Waals surface area contributed by atoms with Crippen LogP contribution in [0.15, 0.2) is 60.8 Å². The highest BCUT2D eigenvalue weighted by atomic mass is 19.4. The SMILES string of the molecule is O=C(Nc1ccc(C(F)(F)F)cc1)N1CCC2(CCc3cccc(-c4ccc(F)nc4)c3O2)CC1. The number of aromatic nitrogens is 1. The first kappa shape index (κ1) is 23.1.